The number of thioether (sulfide) groups is 1. The van der Waals surface area contributed by atoms with E-state index in [4.69, 9.17) is 9.15 Å². The molecule has 0 aliphatic rings. The maximum Gasteiger partial charge on any atom is 0.226 e. The van der Waals surface area contributed by atoms with E-state index < -0.39 is 0 Å². The molecule has 0 aliphatic heterocycles. The molecular formula is C18H17NO2S. The standard InChI is InChI=1S/C18H17NO2S/c1-3-7-15(8-4-1)18-19-16(13-21-18)14-22-12-11-20-17-9-5-2-6-10-17/h1-10,13H,11-12,14H2. The lowest BCUT2D eigenvalue weighted by Gasteiger charge is -2.04. The van der Waals surface area contributed by atoms with Crippen LogP contribution >= 0.6 is 11.8 Å². The van der Waals surface area contributed by atoms with E-state index in [9.17, 15) is 0 Å². The van der Waals surface area contributed by atoms with E-state index in [0.717, 1.165) is 28.5 Å². The zero-order valence-electron chi connectivity index (χ0n) is 12.1. The highest BCUT2D eigenvalue weighted by Gasteiger charge is 2.06. The number of nitrogens with zero attached hydrogens (tertiary/aromatic N) is 1. The number of ether oxygens (including phenoxy) is 1. The zero-order chi connectivity index (χ0) is 15.0. The molecule has 3 aromatic rings. The fraction of sp³-hybridized carbons (Fsp3) is 0.167. The lowest BCUT2D eigenvalue weighted by atomic mass is 10.2. The van der Waals surface area contributed by atoms with Crippen LogP contribution in [0.4, 0.5) is 0 Å². The van der Waals surface area contributed by atoms with Gasteiger partial charge in [0, 0.05) is 17.1 Å². The monoisotopic (exact) mass is 311 g/mol. The van der Waals surface area contributed by atoms with E-state index >= 15 is 0 Å². The second kappa shape index (κ2) is 7.71. The minimum absolute atomic E-state index is 0.678. The molecular weight excluding hydrogens is 294 g/mol. The highest BCUT2D eigenvalue weighted by Crippen LogP contribution is 2.20. The first kappa shape index (κ1) is 14.7. The molecule has 0 bridgehead atoms. The molecule has 0 fully saturated rings. The van der Waals surface area contributed by atoms with Crippen LogP contribution in [0.3, 0.4) is 0 Å². The molecule has 22 heavy (non-hydrogen) atoms. The highest BCUT2D eigenvalue weighted by atomic mass is 32.2. The van der Waals surface area contributed by atoms with E-state index in [-0.39, 0.29) is 0 Å². The van der Waals surface area contributed by atoms with E-state index in [0.29, 0.717) is 12.5 Å². The van der Waals surface area contributed by atoms with Gasteiger partial charge in [-0.15, -0.1) is 0 Å². The van der Waals surface area contributed by atoms with Crippen molar-refractivity contribution in [2.45, 2.75) is 5.75 Å². The van der Waals surface area contributed by atoms with E-state index in [1.165, 1.54) is 0 Å². The van der Waals surface area contributed by atoms with Crippen LogP contribution in [0.5, 0.6) is 5.75 Å². The molecule has 2 aromatic carbocycles. The number of aromatic nitrogens is 1. The maximum absolute atomic E-state index is 5.65. The summed E-state index contributed by atoms with van der Waals surface area (Å²) in [6, 6.07) is 19.8. The van der Waals surface area contributed by atoms with Crippen molar-refractivity contribution in [3.05, 3.63) is 72.6 Å². The number of oxazole rings is 1. The zero-order valence-corrected chi connectivity index (χ0v) is 13.0. The van der Waals surface area contributed by atoms with Gasteiger partial charge in [-0.3, -0.25) is 0 Å². The summed E-state index contributed by atoms with van der Waals surface area (Å²) in [6.07, 6.45) is 1.73. The van der Waals surface area contributed by atoms with Crippen molar-refractivity contribution in [1.82, 2.24) is 4.98 Å². The lowest BCUT2D eigenvalue weighted by Crippen LogP contribution is -2.00. The molecule has 0 aliphatic carbocycles. The Balaban J connectivity index is 1.42. The molecule has 0 radical (unpaired) electrons. The van der Waals surface area contributed by atoms with E-state index in [2.05, 4.69) is 4.98 Å². The molecule has 0 atom stereocenters. The second-order valence-corrected chi connectivity index (χ2v) is 5.83. The van der Waals surface area contributed by atoms with E-state index in [1.54, 1.807) is 18.0 Å². The van der Waals surface area contributed by atoms with Crippen LogP contribution in [0.25, 0.3) is 11.5 Å². The number of hydrogen-bond donors (Lipinski definition) is 0. The molecule has 1 aromatic heterocycles. The Morgan fingerprint density at radius 1 is 0.955 bits per heavy atom. The van der Waals surface area contributed by atoms with Crippen LogP contribution in [0.15, 0.2) is 71.3 Å². The van der Waals surface area contributed by atoms with Crippen molar-refractivity contribution >= 4 is 11.8 Å². The third-order valence-electron chi connectivity index (χ3n) is 3.06. The van der Waals surface area contributed by atoms with Gasteiger partial charge in [-0.25, -0.2) is 4.98 Å². The Morgan fingerprint density at radius 3 is 2.45 bits per heavy atom. The van der Waals surface area contributed by atoms with Crippen molar-refractivity contribution in [1.29, 1.82) is 0 Å². The summed E-state index contributed by atoms with van der Waals surface area (Å²) in [5.41, 5.74) is 1.97. The highest BCUT2D eigenvalue weighted by molar-refractivity contribution is 7.98. The Bertz CT molecular complexity index is 683. The second-order valence-electron chi connectivity index (χ2n) is 4.72. The Hall–Kier alpha value is -2.20. The predicted molar refractivity (Wildman–Crippen MR) is 90.0 cm³/mol. The first-order chi connectivity index (χ1) is 10.9. The molecule has 0 N–H and O–H groups in total. The lowest BCUT2D eigenvalue weighted by molar-refractivity contribution is 0.344. The number of rotatable bonds is 7. The number of para-hydroxylation sites is 1. The molecule has 0 saturated heterocycles. The van der Waals surface area contributed by atoms with Crippen LogP contribution in [0.2, 0.25) is 0 Å². The van der Waals surface area contributed by atoms with Crippen LogP contribution in [0.1, 0.15) is 5.69 Å². The summed E-state index contributed by atoms with van der Waals surface area (Å²) in [6.45, 7) is 0.693. The van der Waals surface area contributed by atoms with Crippen molar-refractivity contribution in [3.8, 4) is 17.2 Å². The maximum atomic E-state index is 5.65. The average Bonchev–Trinajstić information content (AvgIpc) is 3.05. The van der Waals surface area contributed by atoms with Crippen LogP contribution in [-0.2, 0) is 5.75 Å². The largest absolute Gasteiger partial charge is 0.493 e. The molecule has 0 unspecified atom stereocenters. The Morgan fingerprint density at radius 2 is 1.68 bits per heavy atom. The SMILES string of the molecule is c1ccc(OCCSCc2coc(-c3ccccc3)n2)cc1. The first-order valence-corrected chi connectivity index (χ1v) is 8.33. The van der Waals surface area contributed by atoms with E-state index in [1.807, 2.05) is 60.7 Å². The summed E-state index contributed by atoms with van der Waals surface area (Å²) in [7, 11) is 0. The fourth-order valence-electron chi connectivity index (χ4n) is 2.00. The van der Waals surface area contributed by atoms with Gasteiger partial charge in [0.25, 0.3) is 0 Å². The van der Waals surface area contributed by atoms with Gasteiger partial charge in [0.1, 0.15) is 12.0 Å². The first-order valence-electron chi connectivity index (χ1n) is 7.17. The van der Waals surface area contributed by atoms with Gasteiger partial charge in [-0.05, 0) is 24.3 Å². The van der Waals surface area contributed by atoms with Gasteiger partial charge in [0.15, 0.2) is 0 Å². The number of benzene rings is 2. The quantitative estimate of drug-likeness (QED) is 0.595. The molecule has 1 heterocycles. The number of hydrogen-bond acceptors (Lipinski definition) is 4. The topological polar surface area (TPSA) is 35.3 Å². The third kappa shape index (κ3) is 4.15. The van der Waals surface area contributed by atoms with Gasteiger partial charge >= 0.3 is 0 Å². The smallest absolute Gasteiger partial charge is 0.226 e. The molecule has 0 amide bonds. The van der Waals surface area contributed by atoms with Crippen molar-refractivity contribution in [3.63, 3.8) is 0 Å². The van der Waals surface area contributed by atoms with Crippen LogP contribution in [-0.4, -0.2) is 17.3 Å². The van der Waals surface area contributed by atoms with Crippen LogP contribution < -0.4 is 4.74 Å². The normalized spacial score (nSPS) is 10.5. The Kier molecular flexibility index (Phi) is 5.16. The predicted octanol–water partition coefficient (Wildman–Crippen LogP) is 4.65. The molecule has 0 saturated carbocycles. The summed E-state index contributed by atoms with van der Waals surface area (Å²) in [5, 5.41) is 0. The summed E-state index contributed by atoms with van der Waals surface area (Å²) in [5.74, 6) is 3.34. The van der Waals surface area contributed by atoms with Crippen LogP contribution in [0, 0.1) is 0 Å². The van der Waals surface area contributed by atoms with Gasteiger partial charge in [0.2, 0.25) is 5.89 Å². The Labute approximate surface area is 134 Å². The molecule has 112 valence electrons. The summed E-state index contributed by atoms with van der Waals surface area (Å²) in [4.78, 5) is 4.51. The van der Waals surface area contributed by atoms with Crippen molar-refractivity contribution in [2.75, 3.05) is 12.4 Å². The molecule has 4 heteroatoms. The minimum Gasteiger partial charge on any atom is -0.493 e. The fourth-order valence-corrected chi connectivity index (χ4v) is 2.69. The molecule has 3 rings (SSSR count). The van der Waals surface area contributed by atoms with Gasteiger partial charge < -0.3 is 9.15 Å². The van der Waals surface area contributed by atoms with Crippen molar-refractivity contribution < 1.29 is 9.15 Å². The molecule has 0 spiro atoms. The van der Waals surface area contributed by atoms with Gasteiger partial charge in [0.05, 0.1) is 12.3 Å². The molecule has 3 nitrogen and oxygen atoms in total. The minimum atomic E-state index is 0.678. The van der Waals surface area contributed by atoms with Gasteiger partial charge in [-0.2, -0.15) is 11.8 Å². The summed E-state index contributed by atoms with van der Waals surface area (Å²) >= 11 is 1.79. The van der Waals surface area contributed by atoms with Gasteiger partial charge in [-0.1, -0.05) is 36.4 Å². The third-order valence-corrected chi connectivity index (χ3v) is 4.02. The van der Waals surface area contributed by atoms with Crippen molar-refractivity contribution in [2.24, 2.45) is 0 Å². The average molecular weight is 311 g/mol. The summed E-state index contributed by atoms with van der Waals surface area (Å²) < 4.78 is 11.2.